The molecular formula is C21H19Cl2F3N4O6S. The maximum Gasteiger partial charge on any atom is 0.411 e. The van der Waals surface area contributed by atoms with Gasteiger partial charge in [-0.15, -0.1) is 0 Å². The zero-order valence-electron chi connectivity index (χ0n) is 19.7. The van der Waals surface area contributed by atoms with Crippen molar-refractivity contribution in [3.05, 3.63) is 56.5 Å². The lowest BCUT2D eigenvalue weighted by molar-refractivity contribution is -0.176. The van der Waals surface area contributed by atoms with Crippen LogP contribution in [0.3, 0.4) is 0 Å². The first-order valence-electron chi connectivity index (χ1n) is 10.2. The van der Waals surface area contributed by atoms with E-state index in [4.69, 9.17) is 27.9 Å². The highest BCUT2D eigenvalue weighted by Crippen LogP contribution is 2.33. The van der Waals surface area contributed by atoms with Gasteiger partial charge in [0, 0.05) is 31.5 Å². The highest BCUT2D eigenvalue weighted by molar-refractivity contribution is 7.90. The quantitative estimate of drug-likeness (QED) is 0.291. The minimum absolute atomic E-state index is 0.0467. The molecule has 0 fully saturated rings. The second kappa shape index (κ2) is 10.4. The van der Waals surface area contributed by atoms with Gasteiger partial charge in [0.15, 0.2) is 15.5 Å². The van der Waals surface area contributed by atoms with Crippen LogP contribution >= 0.6 is 23.2 Å². The van der Waals surface area contributed by atoms with Gasteiger partial charge in [-0.3, -0.25) is 9.48 Å². The van der Waals surface area contributed by atoms with E-state index in [1.807, 2.05) is 0 Å². The van der Waals surface area contributed by atoms with Crippen molar-refractivity contribution >= 4 is 44.8 Å². The first kappa shape index (κ1) is 28.6. The van der Waals surface area contributed by atoms with Crippen molar-refractivity contribution < 1.29 is 40.7 Å². The third-order valence-electron chi connectivity index (χ3n) is 5.02. The van der Waals surface area contributed by atoms with Gasteiger partial charge in [0.1, 0.15) is 12.2 Å². The summed E-state index contributed by atoms with van der Waals surface area (Å²) in [5, 5.41) is 7.55. The van der Waals surface area contributed by atoms with Crippen molar-refractivity contribution in [3.8, 4) is 5.88 Å². The lowest BCUT2D eigenvalue weighted by Gasteiger charge is -2.15. The predicted octanol–water partition coefficient (Wildman–Crippen LogP) is 3.70. The zero-order chi connectivity index (χ0) is 27.9. The highest BCUT2D eigenvalue weighted by atomic mass is 35.5. The molecule has 0 aliphatic heterocycles. The van der Waals surface area contributed by atoms with Gasteiger partial charge in [-0.05, 0) is 19.1 Å². The van der Waals surface area contributed by atoms with Gasteiger partial charge in [-0.1, -0.05) is 23.2 Å². The molecule has 10 nitrogen and oxygen atoms in total. The molecule has 0 radical (unpaired) electrons. The smallest absolute Gasteiger partial charge is 0.402 e. The van der Waals surface area contributed by atoms with Crippen molar-refractivity contribution in [2.75, 3.05) is 12.9 Å². The van der Waals surface area contributed by atoms with Crippen LogP contribution in [0.25, 0.3) is 0 Å². The number of aromatic nitrogens is 4. The number of alkyl halides is 3. The number of sulfone groups is 1. The molecule has 0 unspecified atom stereocenters. The van der Waals surface area contributed by atoms with Crippen LogP contribution in [0, 0.1) is 6.92 Å². The fourth-order valence-electron chi connectivity index (χ4n) is 3.37. The van der Waals surface area contributed by atoms with E-state index in [-0.39, 0.29) is 33.3 Å². The molecule has 2 aromatic heterocycles. The molecule has 0 atom stereocenters. The molecule has 200 valence electrons. The normalized spacial score (nSPS) is 12.1. The molecule has 0 amide bonds. The van der Waals surface area contributed by atoms with Crippen molar-refractivity contribution in [3.63, 3.8) is 0 Å². The second-order valence-electron chi connectivity index (χ2n) is 7.86. The van der Waals surface area contributed by atoms with Gasteiger partial charge in [0.2, 0.25) is 11.7 Å². The molecule has 1 aromatic carbocycles. The Kier molecular flexibility index (Phi) is 8.08. The molecule has 16 heteroatoms. The fourth-order valence-corrected chi connectivity index (χ4v) is 4.89. The summed E-state index contributed by atoms with van der Waals surface area (Å²) in [5.41, 5.74) is -0.561. The molecule has 0 spiro atoms. The molecule has 0 aliphatic carbocycles. The van der Waals surface area contributed by atoms with Gasteiger partial charge in [0.25, 0.3) is 0 Å². The van der Waals surface area contributed by atoms with Crippen LogP contribution in [-0.4, -0.2) is 58.8 Å². The number of esters is 1. The number of carbonyl (C=O) groups is 2. The van der Waals surface area contributed by atoms with Crippen LogP contribution < -0.4 is 4.74 Å². The summed E-state index contributed by atoms with van der Waals surface area (Å²) in [6.07, 6.45) is -2.76. The number of carbonyl (C=O) groups excluding carboxylic acids is 2. The molecule has 37 heavy (non-hydrogen) atoms. The number of halogens is 5. The van der Waals surface area contributed by atoms with Gasteiger partial charge >= 0.3 is 12.1 Å². The average Bonchev–Trinajstić information content (AvgIpc) is 3.24. The van der Waals surface area contributed by atoms with E-state index < -0.39 is 50.9 Å². The number of benzene rings is 1. The van der Waals surface area contributed by atoms with E-state index >= 15 is 0 Å². The fraction of sp³-hybridized carbons (Fsp3) is 0.333. The standard InChI is InChI=1S/C21H19Cl2F3N4O6S/c1-10-15(22)17(29(2)28-10)20(32)36-19-12(7-27-30(19)3)18(31)11-5-6-14(37(4,33)34)13(16(11)23)8-35-9-21(24,25)26/h5-7H,8-9H2,1-4H3. The summed E-state index contributed by atoms with van der Waals surface area (Å²) >= 11 is 12.4. The van der Waals surface area contributed by atoms with Crippen LogP contribution in [0.1, 0.15) is 37.7 Å². The van der Waals surface area contributed by atoms with E-state index in [0.717, 1.165) is 29.3 Å². The molecule has 0 N–H and O–H groups in total. The van der Waals surface area contributed by atoms with Crippen LogP contribution in [0.15, 0.2) is 23.2 Å². The Morgan fingerprint density at radius 1 is 1.08 bits per heavy atom. The number of aryl methyl sites for hydroxylation is 3. The molecular weight excluding hydrogens is 564 g/mol. The van der Waals surface area contributed by atoms with Gasteiger partial charge in [0.05, 0.1) is 33.4 Å². The Hall–Kier alpha value is -2.94. The van der Waals surface area contributed by atoms with Crippen LogP contribution in [-0.2, 0) is 35.3 Å². The van der Waals surface area contributed by atoms with Crippen LogP contribution in [0.4, 0.5) is 13.2 Å². The van der Waals surface area contributed by atoms with E-state index in [1.165, 1.54) is 18.8 Å². The van der Waals surface area contributed by atoms with E-state index in [1.54, 1.807) is 6.92 Å². The maximum atomic E-state index is 13.4. The number of nitrogens with zero attached hydrogens (tertiary/aromatic N) is 4. The number of rotatable bonds is 8. The molecule has 0 bridgehead atoms. The molecule has 2 heterocycles. The summed E-state index contributed by atoms with van der Waals surface area (Å²) in [6.45, 7) is -0.922. The predicted molar refractivity (Wildman–Crippen MR) is 125 cm³/mol. The average molecular weight is 583 g/mol. The molecule has 0 aliphatic rings. The highest BCUT2D eigenvalue weighted by Gasteiger charge is 2.31. The monoisotopic (exact) mass is 582 g/mol. The maximum absolute atomic E-state index is 13.4. The SMILES string of the molecule is Cc1nn(C)c(C(=O)Oc2c(C(=O)c3ccc(S(C)(=O)=O)c(COCC(F)(F)F)c3Cl)cnn2C)c1Cl. The summed E-state index contributed by atoms with van der Waals surface area (Å²) in [6, 6.07) is 2.12. The van der Waals surface area contributed by atoms with Crippen molar-refractivity contribution in [1.82, 2.24) is 19.6 Å². The number of ketones is 1. The number of hydrogen-bond donors (Lipinski definition) is 0. The minimum Gasteiger partial charge on any atom is -0.402 e. The lowest BCUT2D eigenvalue weighted by Crippen LogP contribution is -2.18. The van der Waals surface area contributed by atoms with Gasteiger partial charge in [-0.25, -0.2) is 17.9 Å². The molecule has 0 saturated heterocycles. The van der Waals surface area contributed by atoms with Crippen molar-refractivity contribution in [2.45, 2.75) is 24.6 Å². The van der Waals surface area contributed by atoms with Crippen molar-refractivity contribution in [2.24, 2.45) is 14.1 Å². The number of ether oxygens (including phenoxy) is 2. The summed E-state index contributed by atoms with van der Waals surface area (Å²) < 4.78 is 74.3. The summed E-state index contributed by atoms with van der Waals surface area (Å²) in [4.78, 5) is 25.7. The first-order chi connectivity index (χ1) is 17.0. The molecule has 3 rings (SSSR count). The summed E-state index contributed by atoms with van der Waals surface area (Å²) in [5.74, 6) is -2.07. The van der Waals surface area contributed by atoms with Gasteiger partial charge in [-0.2, -0.15) is 23.4 Å². The van der Waals surface area contributed by atoms with Crippen LogP contribution in [0.2, 0.25) is 10.0 Å². The van der Waals surface area contributed by atoms with E-state index in [2.05, 4.69) is 14.9 Å². The summed E-state index contributed by atoms with van der Waals surface area (Å²) in [7, 11) is -1.09. The Bertz CT molecular complexity index is 1500. The second-order valence-corrected chi connectivity index (χ2v) is 10.6. The topological polar surface area (TPSA) is 122 Å². The van der Waals surface area contributed by atoms with E-state index in [0.29, 0.717) is 5.69 Å². The van der Waals surface area contributed by atoms with E-state index in [9.17, 15) is 31.2 Å². The van der Waals surface area contributed by atoms with Crippen LogP contribution in [0.5, 0.6) is 5.88 Å². The third kappa shape index (κ3) is 6.14. The molecule has 3 aromatic rings. The minimum atomic E-state index is -4.67. The van der Waals surface area contributed by atoms with Gasteiger partial charge < -0.3 is 9.47 Å². The Morgan fingerprint density at radius 2 is 1.73 bits per heavy atom. The Labute approximate surface area is 218 Å². The number of hydrogen-bond acceptors (Lipinski definition) is 8. The Balaban J connectivity index is 2.02. The largest absolute Gasteiger partial charge is 0.411 e. The Morgan fingerprint density at radius 3 is 2.27 bits per heavy atom. The third-order valence-corrected chi connectivity index (χ3v) is 7.08. The first-order valence-corrected chi connectivity index (χ1v) is 12.8. The van der Waals surface area contributed by atoms with Crippen molar-refractivity contribution in [1.29, 1.82) is 0 Å². The zero-order valence-corrected chi connectivity index (χ0v) is 22.0. The molecule has 0 saturated carbocycles. The lowest BCUT2D eigenvalue weighted by atomic mass is 10.0.